The third kappa shape index (κ3) is 2.33. The van der Waals surface area contributed by atoms with Crippen molar-refractivity contribution < 1.29 is 5.11 Å². The molecule has 1 heterocycles. The number of aliphatic hydroxyl groups is 1. The maximum atomic E-state index is 9.11. The van der Waals surface area contributed by atoms with Crippen molar-refractivity contribution in [3.8, 4) is 0 Å². The van der Waals surface area contributed by atoms with E-state index in [4.69, 9.17) is 28.3 Å². The smallest absolute Gasteiger partial charge is 0.0837 e. The summed E-state index contributed by atoms with van der Waals surface area (Å²) >= 11 is 15.6. The lowest BCUT2D eigenvalue weighted by molar-refractivity contribution is 0.238. The SMILES string of the molecule is OCC1CCN(c2ccc(Br)c(Cl)c2Cl)C1. The Balaban J connectivity index is 2.25. The Kier molecular flexibility index (Phi) is 4.01. The van der Waals surface area contributed by atoms with E-state index in [1.165, 1.54) is 0 Å². The molecule has 1 unspecified atom stereocenters. The van der Waals surface area contributed by atoms with E-state index in [1.807, 2.05) is 12.1 Å². The summed E-state index contributed by atoms with van der Waals surface area (Å²) in [5, 5.41) is 10.2. The van der Waals surface area contributed by atoms with Gasteiger partial charge in [0.05, 0.1) is 15.7 Å². The zero-order valence-corrected chi connectivity index (χ0v) is 11.7. The number of hydrogen-bond acceptors (Lipinski definition) is 2. The van der Waals surface area contributed by atoms with Gasteiger partial charge in [-0.3, -0.25) is 0 Å². The summed E-state index contributed by atoms with van der Waals surface area (Å²) in [7, 11) is 0. The number of hydrogen-bond donors (Lipinski definition) is 1. The molecule has 0 bridgehead atoms. The fraction of sp³-hybridized carbons (Fsp3) is 0.455. The summed E-state index contributed by atoms with van der Waals surface area (Å²) in [6.45, 7) is 2.00. The molecule has 2 nitrogen and oxygen atoms in total. The molecule has 0 spiro atoms. The second kappa shape index (κ2) is 5.13. The molecule has 1 aromatic rings. The lowest BCUT2D eigenvalue weighted by atomic mass is 10.1. The fourth-order valence-electron chi connectivity index (χ4n) is 1.96. The van der Waals surface area contributed by atoms with Gasteiger partial charge < -0.3 is 10.0 Å². The van der Waals surface area contributed by atoms with Crippen LogP contribution in [0.25, 0.3) is 0 Å². The molecule has 0 amide bonds. The van der Waals surface area contributed by atoms with Crippen LogP contribution in [0, 0.1) is 5.92 Å². The summed E-state index contributed by atoms with van der Waals surface area (Å²) in [5.41, 5.74) is 0.950. The lowest BCUT2D eigenvalue weighted by Gasteiger charge is -2.20. The van der Waals surface area contributed by atoms with Crippen LogP contribution in [0.15, 0.2) is 16.6 Å². The van der Waals surface area contributed by atoms with Crippen LogP contribution < -0.4 is 4.90 Å². The quantitative estimate of drug-likeness (QED) is 0.841. The minimum atomic E-state index is 0.235. The van der Waals surface area contributed by atoms with Gasteiger partial charge in [0.15, 0.2) is 0 Å². The minimum absolute atomic E-state index is 0.235. The van der Waals surface area contributed by atoms with Crippen LogP contribution in [-0.2, 0) is 0 Å². The molecule has 2 rings (SSSR count). The van der Waals surface area contributed by atoms with Crippen molar-refractivity contribution in [3.05, 3.63) is 26.7 Å². The van der Waals surface area contributed by atoms with Gasteiger partial charge in [-0.05, 0) is 34.5 Å². The number of halogens is 3. The number of anilines is 1. The van der Waals surface area contributed by atoms with Gasteiger partial charge in [0, 0.05) is 30.1 Å². The standard InChI is InChI=1S/C11H12BrCl2NO/c12-8-1-2-9(11(14)10(8)13)15-4-3-7(5-15)6-16/h1-2,7,16H,3-6H2. The highest BCUT2D eigenvalue weighted by Crippen LogP contribution is 2.39. The highest BCUT2D eigenvalue weighted by Gasteiger charge is 2.24. The maximum absolute atomic E-state index is 9.11. The third-order valence-electron chi connectivity index (χ3n) is 2.90. The maximum Gasteiger partial charge on any atom is 0.0837 e. The third-order valence-corrected chi connectivity index (χ3v) is 4.66. The van der Waals surface area contributed by atoms with E-state index in [-0.39, 0.29) is 6.61 Å². The van der Waals surface area contributed by atoms with E-state index in [0.717, 1.165) is 29.7 Å². The Bertz CT molecular complexity index is 400. The van der Waals surface area contributed by atoms with E-state index in [0.29, 0.717) is 16.0 Å². The molecule has 0 aliphatic carbocycles. The van der Waals surface area contributed by atoms with Crippen molar-refractivity contribution in [2.75, 3.05) is 24.6 Å². The van der Waals surface area contributed by atoms with Crippen molar-refractivity contribution in [2.45, 2.75) is 6.42 Å². The van der Waals surface area contributed by atoms with Crippen LogP contribution in [0.1, 0.15) is 6.42 Å². The van der Waals surface area contributed by atoms with Crippen LogP contribution in [0.5, 0.6) is 0 Å². The van der Waals surface area contributed by atoms with Crippen LogP contribution in [-0.4, -0.2) is 24.8 Å². The van der Waals surface area contributed by atoms with E-state index in [9.17, 15) is 0 Å². The Labute approximate surface area is 113 Å². The Morgan fingerprint density at radius 1 is 1.38 bits per heavy atom. The molecule has 88 valence electrons. The van der Waals surface area contributed by atoms with Gasteiger partial charge in [-0.2, -0.15) is 0 Å². The van der Waals surface area contributed by atoms with Gasteiger partial charge >= 0.3 is 0 Å². The van der Waals surface area contributed by atoms with Gasteiger partial charge in [-0.25, -0.2) is 0 Å². The molecule has 16 heavy (non-hydrogen) atoms. The van der Waals surface area contributed by atoms with Crippen molar-refractivity contribution in [2.24, 2.45) is 5.92 Å². The van der Waals surface area contributed by atoms with Crippen molar-refractivity contribution in [1.29, 1.82) is 0 Å². The fourth-order valence-corrected chi connectivity index (χ4v) is 2.85. The zero-order chi connectivity index (χ0) is 11.7. The molecule has 1 N–H and O–H groups in total. The normalized spacial score (nSPS) is 20.5. The van der Waals surface area contributed by atoms with Gasteiger partial charge in [0.2, 0.25) is 0 Å². The summed E-state index contributed by atoms with van der Waals surface area (Å²) in [6, 6.07) is 3.86. The first-order chi connectivity index (χ1) is 7.63. The molecule has 1 aliphatic rings. The summed E-state index contributed by atoms with van der Waals surface area (Å²) < 4.78 is 0.806. The van der Waals surface area contributed by atoms with Gasteiger partial charge in [0.1, 0.15) is 0 Å². The molecule has 1 atom stereocenters. The molecule has 1 aliphatic heterocycles. The molecule has 1 saturated heterocycles. The van der Waals surface area contributed by atoms with E-state index in [1.54, 1.807) is 0 Å². The largest absolute Gasteiger partial charge is 0.396 e. The first kappa shape index (κ1) is 12.5. The summed E-state index contributed by atoms with van der Waals surface area (Å²) in [4.78, 5) is 2.17. The van der Waals surface area contributed by atoms with Gasteiger partial charge in [-0.15, -0.1) is 0 Å². The van der Waals surface area contributed by atoms with Gasteiger partial charge in [0.25, 0.3) is 0 Å². The Morgan fingerprint density at radius 2 is 2.12 bits per heavy atom. The Morgan fingerprint density at radius 3 is 2.75 bits per heavy atom. The first-order valence-electron chi connectivity index (χ1n) is 5.12. The molecule has 1 fully saturated rings. The van der Waals surface area contributed by atoms with Crippen LogP contribution in [0.2, 0.25) is 10.0 Å². The molecule has 5 heteroatoms. The van der Waals surface area contributed by atoms with Crippen LogP contribution in [0.4, 0.5) is 5.69 Å². The first-order valence-corrected chi connectivity index (χ1v) is 6.67. The highest BCUT2D eigenvalue weighted by molar-refractivity contribution is 9.10. The van der Waals surface area contributed by atoms with Gasteiger partial charge in [-0.1, -0.05) is 23.2 Å². The van der Waals surface area contributed by atoms with E-state index >= 15 is 0 Å². The second-order valence-electron chi connectivity index (χ2n) is 3.98. The lowest BCUT2D eigenvalue weighted by Crippen LogP contribution is -2.20. The highest BCUT2D eigenvalue weighted by atomic mass is 79.9. The molecular formula is C11H12BrCl2NO. The van der Waals surface area contributed by atoms with E-state index < -0.39 is 0 Å². The molecule has 0 saturated carbocycles. The van der Waals surface area contributed by atoms with Crippen LogP contribution >= 0.6 is 39.1 Å². The number of benzene rings is 1. The summed E-state index contributed by atoms with van der Waals surface area (Å²) in [5.74, 6) is 0.346. The molecule has 1 aromatic carbocycles. The predicted octanol–water partition coefficient (Wildman–Crippen LogP) is 3.57. The van der Waals surface area contributed by atoms with Crippen LogP contribution in [0.3, 0.4) is 0 Å². The van der Waals surface area contributed by atoms with Crippen molar-refractivity contribution in [1.82, 2.24) is 0 Å². The average Bonchev–Trinajstić information content (AvgIpc) is 2.74. The van der Waals surface area contributed by atoms with E-state index in [2.05, 4.69) is 20.8 Å². The Hall–Kier alpha value is 0.0400. The van der Waals surface area contributed by atoms with Crippen molar-refractivity contribution >= 4 is 44.8 Å². The minimum Gasteiger partial charge on any atom is -0.396 e. The number of nitrogens with zero attached hydrogens (tertiary/aromatic N) is 1. The monoisotopic (exact) mass is 323 g/mol. The molecular weight excluding hydrogens is 313 g/mol. The molecule has 0 radical (unpaired) electrons. The summed E-state index contributed by atoms with van der Waals surface area (Å²) in [6.07, 6.45) is 1.00. The topological polar surface area (TPSA) is 23.5 Å². The van der Waals surface area contributed by atoms with Crippen molar-refractivity contribution in [3.63, 3.8) is 0 Å². The number of aliphatic hydroxyl groups excluding tert-OH is 1. The second-order valence-corrected chi connectivity index (χ2v) is 5.59. The molecule has 0 aromatic heterocycles. The number of rotatable bonds is 2. The predicted molar refractivity (Wildman–Crippen MR) is 71.6 cm³/mol. The zero-order valence-electron chi connectivity index (χ0n) is 8.59. The average molecular weight is 325 g/mol.